The maximum Gasteiger partial charge on any atom is 0.247 e. The molecule has 1 aliphatic rings. The molecule has 27 heavy (non-hydrogen) atoms. The number of hydrogen-bond acceptors (Lipinski definition) is 5. The van der Waals surface area contributed by atoms with Crippen molar-refractivity contribution in [3.8, 4) is 5.75 Å². The van der Waals surface area contributed by atoms with Crippen LogP contribution in [-0.2, 0) is 14.4 Å². The standard InChI is InChI=1S/C19H17FN2O4S/c1-26-13-8-6-12(7-9-13)22-18(24)10-16(19(22)25)27-11-17(23)21-15-5-3-2-4-14(15)20/h2-9,16H,10-11H2,1H3,(H,21,23)/t16-/m1/s1. The van der Waals surface area contributed by atoms with Crippen LogP contribution in [-0.4, -0.2) is 35.8 Å². The summed E-state index contributed by atoms with van der Waals surface area (Å²) in [6.07, 6.45) is 0.0164. The first-order chi connectivity index (χ1) is 13.0. The highest BCUT2D eigenvalue weighted by molar-refractivity contribution is 8.01. The largest absolute Gasteiger partial charge is 0.497 e. The van der Waals surface area contributed by atoms with E-state index in [0.29, 0.717) is 11.4 Å². The molecule has 0 unspecified atom stereocenters. The Morgan fingerprint density at radius 1 is 1.22 bits per heavy atom. The summed E-state index contributed by atoms with van der Waals surface area (Å²) in [5.41, 5.74) is 0.543. The molecule has 2 aromatic rings. The molecule has 1 fully saturated rings. The van der Waals surface area contributed by atoms with Crippen molar-refractivity contribution in [3.05, 3.63) is 54.3 Å². The highest BCUT2D eigenvalue weighted by atomic mass is 32.2. The van der Waals surface area contributed by atoms with Gasteiger partial charge < -0.3 is 10.1 Å². The van der Waals surface area contributed by atoms with E-state index in [1.54, 1.807) is 30.3 Å². The first-order valence-corrected chi connectivity index (χ1v) is 9.21. The molecule has 0 saturated carbocycles. The molecule has 2 aromatic carbocycles. The third-order valence-electron chi connectivity index (χ3n) is 4.00. The van der Waals surface area contributed by atoms with Crippen molar-refractivity contribution < 1.29 is 23.5 Å². The summed E-state index contributed by atoms with van der Waals surface area (Å²) in [6.45, 7) is 0. The molecule has 6 nitrogen and oxygen atoms in total. The molecule has 1 atom stereocenters. The Morgan fingerprint density at radius 3 is 2.59 bits per heavy atom. The Kier molecular flexibility index (Phi) is 5.75. The number of nitrogens with one attached hydrogen (secondary N) is 1. The molecule has 0 bridgehead atoms. The van der Waals surface area contributed by atoms with Gasteiger partial charge in [0.1, 0.15) is 11.6 Å². The molecular weight excluding hydrogens is 371 g/mol. The monoisotopic (exact) mass is 388 g/mol. The highest BCUT2D eigenvalue weighted by Gasteiger charge is 2.40. The van der Waals surface area contributed by atoms with Crippen molar-refractivity contribution in [2.24, 2.45) is 0 Å². The topological polar surface area (TPSA) is 75.7 Å². The van der Waals surface area contributed by atoms with Crippen LogP contribution in [0.25, 0.3) is 0 Å². The van der Waals surface area contributed by atoms with Gasteiger partial charge in [-0.3, -0.25) is 14.4 Å². The summed E-state index contributed by atoms with van der Waals surface area (Å²) < 4.78 is 18.6. The lowest BCUT2D eigenvalue weighted by Gasteiger charge is -2.15. The van der Waals surface area contributed by atoms with E-state index in [9.17, 15) is 18.8 Å². The SMILES string of the molecule is COc1ccc(N2C(=O)C[C@@H](SCC(=O)Nc3ccccc3F)C2=O)cc1. The lowest BCUT2D eigenvalue weighted by atomic mass is 10.3. The van der Waals surface area contributed by atoms with E-state index in [1.807, 2.05) is 0 Å². The van der Waals surface area contributed by atoms with Crippen LogP contribution in [0.5, 0.6) is 5.75 Å². The Labute approximate surface area is 159 Å². The van der Waals surface area contributed by atoms with Crippen molar-refractivity contribution >= 4 is 40.9 Å². The molecule has 1 heterocycles. The summed E-state index contributed by atoms with van der Waals surface area (Å²) in [5, 5.41) is 1.81. The summed E-state index contributed by atoms with van der Waals surface area (Å²) >= 11 is 1.06. The Morgan fingerprint density at radius 2 is 1.93 bits per heavy atom. The van der Waals surface area contributed by atoms with E-state index in [4.69, 9.17) is 4.74 Å². The van der Waals surface area contributed by atoms with E-state index in [0.717, 1.165) is 16.7 Å². The predicted octanol–water partition coefficient (Wildman–Crippen LogP) is 2.84. The number of para-hydroxylation sites is 1. The minimum Gasteiger partial charge on any atom is -0.497 e. The molecule has 8 heteroatoms. The zero-order valence-electron chi connectivity index (χ0n) is 14.5. The first kappa shape index (κ1) is 18.9. The normalized spacial score (nSPS) is 16.5. The molecule has 1 saturated heterocycles. The molecule has 1 N–H and O–H groups in total. The maximum atomic E-state index is 13.6. The van der Waals surface area contributed by atoms with Crippen LogP contribution in [0.3, 0.4) is 0 Å². The number of amides is 3. The van der Waals surface area contributed by atoms with Crippen LogP contribution in [0, 0.1) is 5.82 Å². The van der Waals surface area contributed by atoms with Gasteiger partial charge in [-0.1, -0.05) is 12.1 Å². The van der Waals surface area contributed by atoms with Crippen LogP contribution >= 0.6 is 11.8 Å². The average molecular weight is 388 g/mol. The zero-order chi connectivity index (χ0) is 19.4. The van der Waals surface area contributed by atoms with Crippen LogP contribution < -0.4 is 15.0 Å². The second-order valence-corrected chi connectivity index (χ2v) is 6.99. The van der Waals surface area contributed by atoms with E-state index in [-0.39, 0.29) is 29.7 Å². The van der Waals surface area contributed by atoms with Gasteiger partial charge in [0.2, 0.25) is 17.7 Å². The average Bonchev–Trinajstić information content (AvgIpc) is 2.95. The van der Waals surface area contributed by atoms with Crippen molar-refractivity contribution in [2.75, 3.05) is 23.1 Å². The van der Waals surface area contributed by atoms with Gasteiger partial charge in [0.15, 0.2) is 0 Å². The van der Waals surface area contributed by atoms with Gasteiger partial charge in [-0.25, -0.2) is 9.29 Å². The lowest BCUT2D eigenvalue weighted by molar-refractivity contribution is -0.121. The van der Waals surface area contributed by atoms with Gasteiger partial charge in [0, 0.05) is 6.42 Å². The number of thioether (sulfide) groups is 1. The van der Waals surface area contributed by atoms with E-state index in [1.165, 1.54) is 25.3 Å². The van der Waals surface area contributed by atoms with Gasteiger partial charge in [-0.15, -0.1) is 11.8 Å². The van der Waals surface area contributed by atoms with Gasteiger partial charge >= 0.3 is 0 Å². The number of methoxy groups -OCH3 is 1. The molecule has 0 aliphatic carbocycles. The quantitative estimate of drug-likeness (QED) is 0.770. The van der Waals surface area contributed by atoms with Gasteiger partial charge in [0.25, 0.3) is 0 Å². The van der Waals surface area contributed by atoms with E-state index >= 15 is 0 Å². The number of benzene rings is 2. The minimum atomic E-state index is -0.647. The Bertz CT molecular complexity index is 872. The van der Waals surface area contributed by atoms with Gasteiger partial charge in [0.05, 0.1) is 29.5 Å². The number of imide groups is 1. The smallest absolute Gasteiger partial charge is 0.247 e. The fourth-order valence-electron chi connectivity index (χ4n) is 2.66. The molecule has 140 valence electrons. The zero-order valence-corrected chi connectivity index (χ0v) is 15.3. The summed E-state index contributed by atoms with van der Waals surface area (Å²) in [7, 11) is 1.53. The van der Waals surface area contributed by atoms with E-state index < -0.39 is 17.0 Å². The minimum absolute atomic E-state index is 0.0164. The number of carbonyl (C=O) groups is 3. The van der Waals surface area contributed by atoms with Crippen LogP contribution in [0.4, 0.5) is 15.8 Å². The number of halogens is 1. The van der Waals surface area contributed by atoms with Crippen molar-refractivity contribution in [1.82, 2.24) is 0 Å². The highest BCUT2D eigenvalue weighted by Crippen LogP contribution is 2.30. The Hall–Kier alpha value is -2.87. The molecule has 0 radical (unpaired) electrons. The number of anilines is 2. The lowest BCUT2D eigenvalue weighted by Crippen LogP contribution is -2.31. The molecule has 3 amide bonds. The molecule has 1 aliphatic heterocycles. The molecule has 3 rings (SSSR count). The number of ether oxygens (including phenoxy) is 1. The van der Waals surface area contributed by atoms with Gasteiger partial charge in [-0.2, -0.15) is 0 Å². The van der Waals surface area contributed by atoms with Crippen molar-refractivity contribution in [3.63, 3.8) is 0 Å². The molecule has 0 aromatic heterocycles. The van der Waals surface area contributed by atoms with Crippen molar-refractivity contribution in [1.29, 1.82) is 0 Å². The fourth-order valence-corrected chi connectivity index (χ4v) is 3.60. The van der Waals surface area contributed by atoms with Gasteiger partial charge in [-0.05, 0) is 36.4 Å². The van der Waals surface area contributed by atoms with Crippen LogP contribution in [0.15, 0.2) is 48.5 Å². The van der Waals surface area contributed by atoms with Crippen LogP contribution in [0.2, 0.25) is 0 Å². The van der Waals surface area contributed by atoms with E-state index in [2.05, 4.69) is 5.32 Å². The molecular formula is C19H17FN2O4S. The number of nitrogens with zero attached hydrogens (tertiary/aromatic N) is 1. The number of carbonyl (C=O) groups excluding carboxylic acids is 3. The second-order valence-electron chi connectivity index (χ2n) is 5.80. The maximum absolute atomic E-state index is 13.6. The predicted molar refractivity (Wildman–Crippen MR) is 101 cm³/mol. The Balaban J connectivity index is 1.59. The van der Waals surface area contributed by atoms with Crippen molar-refractivity contribution in [2.45, 2.75) is 11.7 Å². The second kappa shape index (κ2) is 8.22. The summed E-state index contributed by atoms with van der Waals surface area (Å²) in [4.78, 5) is 37.9. The first-order valence-electron chi connectivity index (χ1n) is 8.16. The summed E-state index contributed by atoms with van der Waals surface area (Å²) in [5.74, 6) is -1.10. The molecule has 0 spiro atoms. The third kappa shape index (κ3) is 4.28. The third-order valence-corrected chi connectivity index (χ3v) is 5.20. The number of rotatable bonds is 6. The number of hydrogen-bond donors (Lipinski definition) is 1. The fraction of sp³-hybridized carbons (Fsp3) is 0.211. The summed E-state index contributed by atoms with van der Waals surface area (Å²) in [6, 6.07) is 12.4. The van der Waals surface area contributed by atoms with Crippen LogP contribution in [0.1, 0.15) is 6.42 Å².